The topological polar surface area (TPSA) is 20.3 Å². The van der Waals surface area contributed by atoms with Crippen LogP contribution in [0.1, 0.15) is 32.3 Å². The molecule has 0 aliphatic carbocycles. The Labute approximate surface area is 115 Å². The van der Waals surface area contributed by atoms with E-state index >= 15 is 0 Å². The monoisotopic (exact) mass is 267 g/mol. The van der Waals surface area contributed by atoms with Crippen LogP contribution in [0, 0.1) is 0 Å². The quantitative estimate of drug-likeness (QED) is 0.785. The SMILES string of the molecule is CCC(CC)(C(=O)Cc1ccc(Cl)cc1)N(C)C. The van der Waals surface area contributed by atoms with Crippen LogP contribution < -0.4 is 0 Å². The average molecular weight is 268 g/mol. The molecule has 0 aliphatic rings. The normalized spacial score (nSPS) is 11.9. The minimum Gasteiger partial charge on any atom is -0.297 e. The molecule has 0 aliphatic heterocycles. The van der Waals surface area contributed by atoms with Gasteiger partial charge in [-0.2, -0.15) is 0 Å². The van der Waals surface area contributed by atoms with Crippen LogP contribution in [-0.2, 0) is 11.2 Å². The van der Waals surface area contributed by atoms with Crippen molar-refractivity contribution in [1.82, 2.24) is 4.90 Å². The van der Waals surface area contributed by atoms with E-state index in [1.54, 1.807) is 0 Å². The first kappa shape index (κ1) is 15.2. The summed E-state index contributed by atoms with van der Waals surface area (Å²) in [5.74, 6) is 0.278. The summed E-state index contributed by atoms with van der Waals surface area (Å²) in [6, 6.07) is 7.51. The van der Waals surface area contributed by atoms with Crippen molar-refractivity contribution in [2.75, 3.05) is 14.1 Å². The molecule has 3 heteroatoms. The predicted molar refractivity (Wildman–Crippen MR) is 77.2 cm³/mol. The lowest BCUT2D eigenvalue weighted by Crippen LogP contribution is -2.50. The molecule has 0 heterocycles. The molecule has 1 aromatic carbocycles. The summed E-state index contributed by atoms with van der Waals surface area (Å²) in [6.07, 6.45) is 2.14. The molecule has 0 fully saturated rings. The fourth-order valence-corrected chi connectivity index (χ4v) is 2.60. The average Bonchev–Trinajstić information content (AvgIpc) is 2.34. The summed E-state index contributed by atoms with van der Waals surface area (Å²) in [6.45, 7) is 4.15. The van der Waals surface area contributed by atoms with Crippen LogP contribution in [-0.4, -0.2) is 30.3 Å². The summed E-state index contributed by atoms with van der Waals surface area (Å²) in [5.41, 5.74) is 0.678. The third-order valence-corrected chi connectivity index (χ3v) is 4.07. The Morgan fingerprint density at radius 2 is 1.67 bits per heavy atom. The zero-order valence-corrected chi connectivity index (χ0v) is 12.4. The summed E-state index contributed by atoms with van der Waals surface area (Å²) in [7, 11) is 3.96. The van der Waals surface area contributed by atoms with E-state index in [9.17, 15) is 4.79 Å². The van der Waals surface area contributed by atoms with E-state index in [1.165, 1.54) is 0 Å². The number of rotatable bonds is 6. The first-order chi connectivity index (χ1) is 8.46. The minimum atomic E-state index is -0.348. The number of hydrogen-bond donors (Lipinski definition) is 0. The first-order valence-electron chi connectivity index (χ1n) is 6.41. The van der Waals surface area contributed by atoms with Gasteiger partial charge in [-0.3, -0.25) is 9.69 Å². The van der Waals surface area contributed by atoms with Crippen molar-refractivity contribution in [3.8, 4) is 0 Å². The molecule has 0 amide bonds. The summed E-state index contributed by atoms with van der Waals surface area (Å²) < 4.78 is 0. The van der Waals surface area contributed by atoms with E-state index in [4.69, 9.17) is 11.6 Å². The Kier molecular flexibility index (Phi) is 5.36. The number of carbonyl (C=O) groups is 1. The second-order valence-electron chi connectivity index (χ2n) is 4.86. The second-order valence-corrected chi connectivity index (χ2v) is 5.30. The van der Waals surface area contributed by atoms with E-state index in [0.717, 1.165) is 18.4 Å². The largest absolute Gasteiger partial charge is 0.297 e. The van der Waals surface area contributed by atoms with Crippen LogP contribution in [0.2, 0.25) is 5.02 Å². The maximum Gasteiger partial charge on any atom is 0.157 e. The van der Waals surface area contributed by atoms with Gasteiger partial charge in [0.2, 0.25) is 0 Å². The Bertz CT molecular complexity index is 393. The van der Waals surface area contributed by atoms with Crippen LogP contribution in [0.25, 0.3) is 0 Å². The van der Waals surface area contributed by atoms with Gasteiger partial charge in [-0.15, -0.1) is 0 Å². The molecule has 0 atom stereocenters. The Morgan fingerprint density at radius 3 is 2.06 bits per heavy atom. The number of nitrogens with zero attached hydrogens (tertiary/aromatic N) is 1. The van der Waals surface area contributed by atoms with Gasteiger partial charge in [-0.25, -0.2) is 0 Å². The zero-order valence-electron chi connectivity index (χ0n) is 11.7. The molecule has 0 saturated carbocycles. The van der Waals surface area contributed by atoms with E-state index in [1.807, 2.05) is 43.3 Å². The third kappa shape index (κ3) is 3.12. The van der Waals surface area contributed by atoms with Crippen molar-refractivity contribution >= 4 is 17.4 Å². The molecule has 0 unspecified atom stereocenters. The minimum absolute atomic E-state index is 0.278. The lowest BCUT2D eigenvalue weighted by molar-refractivity contribution is -0.129. The second kappa shape index (κ2) is 6.35. The molecule has 100 valence electrons. The Balaban J connectivity index is 2.89. The number of hydrogen-bond acceptors (Lipinski definition) is 2. The number of benzene rings is 1. The summed E-state index contributed by atoms with van der Waals surface area (Å²) in [4.78, 5) is 14.6. The molecule has 0 N–H and O–H groups in total. The highest BCUT2D eigenvalue weighted by Crippen LogP contribution is 2.24. The molecule has 0 spiro atoms. The number of carbonyl (C=O) groups excluding carboxylic acids is 1. The molecule has 0 radical (unpaired) electrons. The summed E-state index contributed by atoms with van der Waals surface area (Å²) in [5, 5.41) is 0.705. The number of ketones is 1. The fraction of sp³-hybridized carbons (Fsp3) is 0.533. The van der Waals surface area contributed by atoms with Gasteiger partial charge in [0.15, 0.2) is 5.78 Å². The van der Waals surface area contributed by atoms with Gasteiger partial charge < -0.3 is 0 Å². The summed E-state index contributed by atoms with van der Waals surface area (Å²) >= 11 is 5.85. The van der Waals surface area contributed by atoms with Crippen molar-refractivity contribution in [2.24, 2.45) is 0 Å². The lowest BCUT2D eigenvalue weighted by atomic mass is 9.83. The van der Waals surface area contributed by atoms with Crippen molar-refractivity contribution in [3.05, 3.63) is 34.9 Å². The molecular weight excluding hydrogens is 246 g/mol. The number of likely N-dealkylation sites (N-methyl/N-ethyl adjacent to an activating group) is 1. The van der Waals surface area contributed by atoms with Gasteiger partial charge in [0, 0.05) is 11.4 Å². The van der Waals surface area contributed by atoms with Crippen LogP contribution in [0.5, 0.6) is 0 Å². The standard InChI is InChI=1S/C15H22ClNO/c1-5-15(6-2,17(3)4)14(18)11-12-7-9-13(16)10-8-12/h7-10H,5-6,11H2,1-4H3. The van der Waals surface area contributed by atoms with Gasteiger partial charge in [0.1, 0.15) is 0 Å². The van der Waals surface area contributed by atoms with Crippen molar-refractivity contribution in [1.29, 1.82) is 0 Å². The molecule has 0 saturated heterocycles. The molecule has 18 heavy (non-hydrogen) atoms. The van der Waals surface area contributed by atoms with E-state index < -0.39 is 0 Å². The Morgan fingerprint density at radius 1 is 1.17 bits per heavy atom. The van der Waals surface area contributed by atoms with Gasteiger partial charge in [0.05, 0.1) is 5.54 Å². The van der Waals surface area contributed by atoms with Crippen molar-refractivity contribution in [3.63, 3.8) is 0 Å². The molecular formula is C15H22ClNO. The van der Waals surface area contributed by atoms with Gasteiger partial charge in [-0.05, 0) is 44.6 Å². The maximum atomic E-state index is 12.5. The molecule has 1 aromatic rings. The van der Waals surface area contributed by atoms with Crippen molar-refractivity contribution in [2.45, 2.75) is 38.6 Å². The number of halogens is 1. The highest BCUT2D eigenvalue weighted by atomic mass is 35.5. The third-order valence-electron chi connectivity index (χ3n) is 3.82. The van der Waals surface area contributed by atoms with Crippen LogP contribution in [0.15, 0.2) is 24.3 Å². The zero-order chi connectivity index (χ0) is 13.8. The highest BCUT2D eigenvalue weighted by Gasteiger charge is 2.36. The Hall–Kier alpha value is -0.860. The molecule has 2 nitrogen and oxygen atoms in total. The molecule has 0 bridgehead atoms. The highest BCUT2D eigenvalue weighted by molar-refractivity contribution is 6.30. The van der Waals surface area contributed by atoms with E-state index in [2.05, 4.69) is 13.8 Å². The van der Waals surface area contributed by atoms with Crippen LogP contribution in [0.4, 0.5) is 0 Å². The fourth-order valence-electron chi connectivity index (χ4n) is 2.48. The first-order valence-corrected chi connectivity index (χ1v) is 6.79. The van der Waals surface area contributed by atoms with Crippen LogP contribution >= 0.6 is 11.6 Å². The lowest BCUT2D eigenvalue weighted by Gasteiger charge is -2.37. The molecule has 1 rings (SSSR count). The number of Topliss-reactive ketones (excluding diaryl/α,β-unsaturated/α-hetero) is 1. The maximum absolute atomic E-state index is 12.5. The van der Waals surface area contributed by atoms with Crippen LogP contribution in [0.3, 0.4) is 0 Å². The van der Waals surface area contributed by atoms with Gasteiger partial charge in [-0.1, -0.05) is 37.6 Å². The van der Waals surface area contributed by atoms with E-state index in [-0.39, 0.29) is 11.3 Å². The smallest absolute Gasteiger partial charge is 0.157 e. The molecule has 0 aromatic heterocycles. The van der Waals surface area contributed by atoms with Crippen molar-refractivity contribution < 1.29 is 4.79 Å². The predicted octanol–water partition coefficient (Wildman–Crippen LogP) is 3.57. The van der Waals surface area contributed by atoms with Gasteiger partial charge in [0.25, 0.3) is 0 Å². The van der Waals surface area contributed by atoms with E-state index in [0.29, 0.717) is 11.4 Å². The van der Waals surface area contributed by atoms with Gasteiger partial charge >= 0.3 is 0 Å².